The largest absolute Gasteiger partial charge is 0.454 e. The van der Waals surface area contributed by atoms with E-state index in [0.717, 1.165) is 41.7 Å². The summed E-state index contributed by atoms with van der Waals surface area (Å²) in [4.78, 5) is 14.6. The Morgan fingerprint density at radius 1 is 1.04 bits per heavy atom. The van der Waals surface area contributed by atoms with Crippen molar-refractivity contribution >= 4 is 23.0 Å². The third kappa shape index (κ3) is 4.25. The van der Waals surface area contributed by atoms with Gasteiger partial charge in [-0.05, 0) is 24.3 Å². The third-order valence-corrected chi connectivity index (χ3v) is 4.58. The number of anilines is 3. The average Bonchev–Trinajstić information content (AvgIpc) is 3.17. The molecule has 2 aromatic carbocycles. The maximum Gasteiger partial charge on any atom is 0.231 e. The van der Waals surface area contributed by atoms with Crippen molar-refractivity contribution in [2.24, 2.45) is 0 Å². The predicted molar refractivity (Wildman–Crippen MR) is 104 cm³/mol. The number of carbonyl (C=O) groups is 1. The van der Waals surface area contributed by atoms with Crippen LogP contribution >= 0.6 is 0 Å². The van der Waals surface area contributed by atoms with Crippen LogP contribution in [0, 0.1) is 0 Å². The first kappa shape index (κ1) is 17.5. The zero-order valence-electron chi connectivity index (χ0n) is 15.1. The normalized spacial score (nSPS) is 15.5. The summed E-state index contributed by atoms with van der Waals surface area (Å²) in [5.41, 5.74) is 2.78. The molecule has 4 rings (SSSR count). The molecule has 0 radical (unpaired) electrons. The van der Waals surface area contributed by atoms with E-state index in [2.05, 4.69) is 15.5 Å². The molecule has 0 bridgehead atoms. The molecule has 1 saturated heterocycles. The molecule has 2 aromatic rings. The molecule has 7 nitrogen and oxygen atoms in total. The second-order valence-electron chi connectivity index (χ2n) is 6.41. The van der Waals surface area contributed by atoms with Crippen LogP contribution in [0.25, 0.3) is 0 Å². The summed E-state index contributed by atoms with van der Waals surface area (Å²) in [6.07, 6.45) is 0.367. The van der Waals surface area contributed by atoms with Crippen molar-refractivity contribution in [3.8, 4) is 11.5 Å². The second kappa shape index (κ2) is 8.18. The Morgan fingerprint density at radius 3 is 2.74 bits per heavy atom. The molecule has 0 aliphatic carbocycles. The number of hydrogen-bond donors (Lipinski definition) is 2. The number of fused-ring (bicyclic) bond motifs is 1. The summed E-state index contributed by atoms with van der Waals surface area (Å²) in [6, 6.07) is 13.6. The van der Waals surface area contributed by atoms with E-state index in [-0.39, 0.29) is 12.7 Å². The van der Waals surface area contributed by atoms with E-state index in [1.54, 1.807) is 0 Å². The van der Waals surface area contributed by atoms with Crippen LogP contribution in [0.1, 0.15) is 6.42 Å². The van der Waals surface area contributed by atoms with Gasteiger partial charge in [0, 0.05) is 37.8 Å². The van der Waals surface area contributed by atoms with E-state index < -0.39 is 0 Å². The van der Waals surface area contributed by atoms with E-state index in [1.807, 2.05) is 42.5 Å². The highest BCUT2D eigenvalue weighted by Gasteiger charge is 2.16. The number of benzene rings is 2. The summed E-state index contributed by atoms with van der Waals surface area (Å²) >= 11 is 0. The highest BCUT2D eigenvalue weighted by Crippen LogP contribution is 2.34. The van der Waals surface area contributed by atoms with Crippen LogP contribution in [0.15, 0.2) is 42.5 Å². The van der Waals surface area contributed by atoms with Crippen LogP contribution < -0.4 is 25.0 Å². The van der Waals surface area contributed by atoms with E-state index in [0.29, 0.717) is 26.2 Å². The van der Waals surface area contributed by atoms with Gasteiger partial charge in [0.15, 0.2) is 11.5 Å². The lowest BCUT2D eigenvalue weighted by Gasteiger charge is -2.30. The van der Waals surface area contributed by atoms with Crippen LogP contribution in [0.2, 0.25) is 0 Å². The molecule has 27 heavy (non-hydrogen) atoms. The molecule has 7 heteroatoms. The number of para-hydroxylation sites is 2. The number of hydrogen-bond acceptors (Lipinski definition) is 6. The summed E-state index contributed by atoms with van der Waals surface area (Å²) in [6.45, 7) is 3.87. The Bertz CT molecular complexity index is 806. The number of nitrogens with one attached hydrogen (secondary N) is 2. The second-order valence-corrected chi connectivity index (χ2v) is 6.41. The van der Waals surface area contributed by atoms with E-state index in [4.69, 9.17) is 14.2 Å². The van der Waals surface area contributed by atoms with Gasteiger partial charge in [0.25, 0.3) is 0 Å². The van der Waals surface area contributed by atoms with Crippen molar-refractivity contribution < 1.29 is 19.0 Å². The first-order valence-corrected chi connectivity index (χ1v) is 9.15. The van der Waals surface area contributed by atoms with Gasteiger partial charge in [-0.15, -0.1) is 0 Å². The number of morpholine rings is 1. The molecule has 0 unspecified atom stereocenters. The fourth-order valence-electron chi connectivity index (χ4n) is 3.20. The molecule has 2 N–H and O–H groups in total. The van der Waals surface area contributed by atoms with Crippen LogP contribution in [0.5, 0.6) is 11.5 Å². The summed E-state index contributed by atoms with van der Waals surface area (Å²) < 4.78 is 16.1. The lowest BCUT2D eigenvalue weighted by molar-refractivity contribution is -0.115. The Morgan fingerprint density at radius 2 is 1.85 bits per heavy atom. The van der Waals surface area contributed by atoms with Crippen LogP contribution in [-0.2, 0) is 9.53 Å². The minimum absolute atomic E-state index is 0.0241. The average molecular weight is 369 g/mol. The van der Waals surface area contributed by atoms with Crippen molar-refractivity contribution in [2.75, 3.05) is 55.2 Å². The molecule has 1 amide bonds. The molecule has 0 saturated carbocycles. The molecule has 1 fully saturated rings. The zero-order valence-corrected chi connectivity index (χ0v) is 15.1. The van der Waals surface area contributed by atoms with Gasteiger partial charge in [0.05, 0.1) is 24.6 Å². The Balaban J connectivity index is 1.31. The number of ether oxygens (including phenoxy) is 3. The van der Waals surface area contributed by atoms with Gasteiger partial charge < -0.3 is 29.7 Å². The van der Waals surface area contributed by atoms with Crippen LogP contribution in [0.3, 0.4) is 0 Å². The van der Waals surface area contributed by atoms with Gasteiger partial charge in [-0.3, -0.25) is 4.79 Å². The molecule has 0 spiro atoms. The highest BCUT2D eigenvalue weighted by atomic mass is 16.7. The summed E-state index contributed by atoms with van der Waals surface area (Å²) in [5, 5.41) is 6.28. The first-order chi connectivity index (χ1) is 13.3. The molecule has 142 valence electrons. The molecule has 2 aliphatic rings. The van der Waals surface area contributed by atoms with E-state index in [9.17, 15) is 4.79 Å². The Kier molecular flexibility index (Phi) is 5.29. The van der Waals surface area contributed by atoms with Gasteiger partial charge in [0.1, 0.15) is 0 Å². The number of nitrogens with zero attached hydrogens (tertiary/aromatic N) is 1. The van der Waals surface area contributed by atoms with Gasteiger partial charge in [0.2, 0.25) is 12.7 Å². The smallest absolute Gasteiger partial charge is 0.231 e. The topological polar surface area (TPSA) is 72.1 Å². The van der Waals surface area contributed by atoms with Gasteiger partial charge >= 0.3 is 0 Å². The Labute approximate surface area is 158 Å². The fraction of sp³-hybridized carbons (Fsp3) is 0.350. The summed E-state index contributed by atoms with van der Waals surface area (Å²) in [7, 11) is 0. The standard InChI is InChI=1S/C20H23N3O4/c24-20(7-8-21-15-5-6-18-19(13-15)27-14-26-18)22-16-3-1-2-4-17(16)23-9-11-25-12-10-23/h1-6,13,21H,7-12,14H2,(H,22,24). The molecule has 2 aliphatic heterocycles. The van der Waals surface area contributed by atoms with E-state index in [1.165, 1.54) is 0 Å². The van der Waals surface area contributed by atoms with Crippen LogP contribution in [0.4, 0.5) is 17.1 Å². The third-order valence-electron chi connectivity index (χ3n) is 4.58. The van der Waals surface area contributed by atoms with Crippen molar-refractivity contribution in [1.82, 2.24) is 0 Å². The lowest BCUT2D eigenvalue weighted by atomic mass is 10.2. The highest BCUT2D eigenvalue weighted by molar-refractivity contribution is 5.94. The summed E-state index contributed by atoms with van der Waals surface area (Å²) in [5.74, 6) is 1.45. The number of rotatable bonds is 6. The lowest BCUT2D eigenvalue weighted by Crippen LogP contribution is -2.36. The van der Waals surface area contributed by atoms with Gasteiger partial charge in [-0.1, -0.05) is 12.1 Å². The minimum Gasteiger partial charge on any atom is -0.454 e. The maximum atomic E-state index is 12.4. The predicted octanol–water partition coefficient (Wildman–Crippen LogP) is 2.69. The van der Waals surface area contributed by atoms with Crippen molar-refractivity contribution in [3.05, 3.63) is 42.5 Å². The van der Waals surface area contributed by atoms with Gasteiger partial charge in [-0.25, -0.2) is 0 Å². The Hall–Kier alpha value is -2.93. The zero-order chi connectivity index (χ0) is 18.5. The fourth-order valence-corrected chi connectivity index (χ4v) is 3.20. The van der Waals surface area contributed by atoms with Gasteiger partial charge in [-0.2, -0.15) is 0 Å². The molecule has 0 atom stereocenters. The quantitative estimate of drug-likeness (QED) is 0.816. The number of carbonyl (C=O) groups excluding carboxylic acids is 1. The minimum atomic E-state index is -0.0241. The number of amides is 1. The van der Waals surface area contributed by atoms with Crippen LogP contribution in [-0.4, -0.2) is 45.5 Å². The molecule has 0 aromatic heterocycles. The maximum absolute atomic E-state index is 12.4. The monoisotopic (exact) mass is 369 g/mol. The SMILES string of the molecule is O=C(CCNc1ccc2c(c1)OCO2)Nc1ccccc1N1CCOCC1. The van der Waals surface area contributed by atoms with E-state index >= 15 is 0 Å². The molecular weight excluding hydrogens is 346 g/mol. The first-order valence-electron chi connectivity index (χ1n) is 9.15. The molecular formula is C20H23N3O4. The van der Waals surface area contributed by atoms with Crippen molar-refractivity contribution in [1.29, 1.82) is 0 Å². The molecule has 2 heterocycles. The van der Waals surface area contributed by atoms with Crippen molar-refractivity contribution in [2.45, 2.75) is 6.42 Å². The van der Waals surface area contributed by atoms with Crippen molar-refractivity contribution in [3.63, 3.8) is 0 Å².